The maximum absolute atomic E-state index is 12.4. The summed E-state index contributed by atoms with van der Waals surface area (Å²) < 4.78 is 11.1. The van der Waals surface area contributed by atoms with E-state index in [9.17, 15) is 4.79 Å². The van der Waals surface area contributed by atoms with Gasteiger partial charge in [-0.1, -0.05) is 60.7 Å². The summed E-state index contributed by atoms with van der Waals surface area (Å²) >= 11 is 0. The normalized spacial score (nSPS) is 10.7. The second kappa shape index (κ2) is 5.96. The van der Waals surface area contributed by atoms with Crippen LogP contribution in [0.1, 0.15) is 16.6 Å². The molecule has 0 saturated heterocycles. The van der Waals surface area contributed by atoms with Gasteiger partial charge in [-0.15, -0.1) is 0 Å². The zero-order chi connectivity index (χ0) is 16.4. The molecule has 0 unspecified atom stereocenters. The molecule has 0 radical (unpaired) electrons. The van der Waals surface area contributed by atoms with Crippen molar-refractivity contribution in [2.75, 3.05) is 0 Å². The lowest BCUT2D eigenvalue weighted by Gasteiger charge is -1.95. The maximum atomic E-state index is 12.4. The van der Waals surface area contributed by atoms with E-state index in [-0.39, 0.29) is 11.8 Å². The molecule has 0 aliphatic rings. The molecule has 0 aliphatic heterocycles. The van der Waals surface area contributed by atoms with Crippen LogP contribution in [-0.4, -0.2) is 15.8 Å². The Morgan fingerprint density at radius 1 is 0.667 bits per heavy atom. The van der Waals surface area contributed by atoms with Gasteiger partial charge in [0.2, 0.25) is 0 Å². The third-order valence-electron chi connectivity index (χ3n) is 3.52. The van der Waals surface area contributed by atoms with Gasteiger partial charge in [0.1, 0.15) is 0 Å². The molecule has 4 rings (SSSR count). The number of nitrogens with zero attached hydrogens (tertiary/aromatic N) is 2. The minimum Gasteiger partial charge on any atom is -0.433 e. The standard InChI is InChI=1S/C19H12N2O3/c22-17(18-20-11-15(23-18)13-7-3-1-4-8-13)19-21-12-16(24-19)14-9-5-2-6-10-14/h1-12H. The lowest BCUT2D eigenvalue weighted by atomic mass is 10.2. The molecule has 2 aromatic heterocycles. The summed E-state index contributed by atoms with van der Waals surface area (Å²) in [6, 6.07) is 18.9. The third-order valence-corrected chi connectivity index (χ3v) is 3.52. The Balaban J connectivity index is 1.61. The fourth-order valence-electron chi connectivity index (χ4n) is 2.32. The van der Waals surface area contributed by atoms with Crippen molar-refractivity contribution in [3.8, 4) is 22.6 Å². The van der Waals surface area contributed by atoms with Crippen molar-refractivity contribution < 1.29 is 13.6 Å². The van der Waals surface area contributed by atoms with Crippen molar-refractivity contribution in [3.05, 3.63) is 84.8 Å². The summed E-state index contributed by atoms with van der Waals surface area (Å²) in [4.78, 5) is 20.5. The van der Waals surface area contributed by atoms with E-state index in [1.165, 1.54) is 12.4 Å². The van der Waals surface area contributed by atoms with Gasteiger partial charge in [0.25, 0.3) is 11.8 Å². The molecular weight excluding hydrogens is 304 g/mol. The largest absolute Gasteiger partial charge is 0.433 e. The Labute approximate surface area is 137 Å². The highest BCUT2D eigenvalue weighted by Crippen LogP contribution is 2.23. The number of oxazole rings is 2. The zero-order valence-electron chi connectivity index (χ0n) is 12.5. The van der Waals surface area contributed by atoms with Crippen LogP contribution in [-0.2, 0) is 0 Å². The first-order valence-electron chi connectivity index (χ1n) is 7.38. The summed E-state index contributed by atoms with van der Waals surface area (Å²) in [6.07, 6.45) is 3.03. The highest BCUT2D eigenvalue weighted by Gasteiger charge is 2.22. The number of ketones is 1. The van der Waals surface area contributed by atoms with E-state index in [2.05, 4.69) is 9.97 Å². The van der Waals surface area contributed by atoms with Gasteiger partial charge in [-0.3, -0.25) is 4.79 Å². The third kappa shape index (κ3) is 2.63. The van der Waals surface area contributed by atoms with Gasteiger partial charge in [0.15, 0.2) is 11.5 Å². The average Bonchev–Trinajstić information content (AvgIpc) is 3.33. The Morgan fingerprint density at radius 3 is 1.50 bits per heavy atom. The van der Waals surface area contributed by atoms with E-state index >= 15 is 0 Å². The van der Waals surface area contributed by atoms with Crippen LogP contribution >= 0.6 is 0 Å². The van der Waals surface area contributed by atoms with Crippen LogP contribution < -0.4 is 0 Å². The Hall–Kier alpha value is -3.47. The molecule has 116 valence electrons. The number of hydrogen-bond donors (Lipinski definition) is 0. The van der Waals surface area contributed by atoms with Crippen molar-refractivity contribution in [3.63, 3.8) is 0 Å². The molecule has 0 bridgehead atoms. The van der Waals surface area contributed by atoms with E-state index in [1.54, 1.807) is 0 Å². The monoisotopic (exact) mass is 316 g/mol. The summed E-state index contributed by atoms with van der Waals surface area (Å²) in [5.41, 5.74) is 1.70. The van der Waals surface area contributed by atoms with E-state index in [0.29, 0.717) is 11.5 Å². The van der Waals surface area contributed by atoms with Crippen LogP contribution in [0.25, 0.3) is 22.6 Å². The summed E-state index contributed by atoms with van der Waals surface area (Å²) in [5, 5.41) is 0. The lowest BCUT2D eigenvalue weighted by molar-refractivity contribution is 0.0972. The van der Waals surface area contributed by atoms with Gasteiger partial charge in [-0.2, -0.15) is 0 Å². The fraction of sp³-hybridized carbons (Fsp3) is 0. The predicted octanol–water partition coefficient (Wildman–Crippen LogP) is 4.23. The molecule has 24 heavy (non-hydrogen) atoms. The summed E-state index contributed by atoms with van der Waals surface area (Å²) in [5.74, 6) is 0.465. The molecule has 0 N–H and O–H groups in total. The van der Waals surface area contributed by atoms with Crippen molar-refractivity contribution >= 4 is 5.78 Å². The van der Waals surface area contributed by atoms with Crippen molar-refractivity contribution in [1.82, 2.24) is 9.97 Å². The number of hydrogen-bond acceptors (Lipinski definition) is 5. The second-order valence-electron chi connectivity index (χ2n) is 5.12. The second-order valence-corrected chi connectivity index (χ2v) is 5.12. The zero-order valence-corrected chi connectivity index (χ0v) is 12.5. The van der Waals surface area contributed by atoms with Gasteiger partial charge in [0.05, 0.1) is 12.4 Å². The van der Waals surface area contributed by atoms with Crippen LogP contribution in [0.5, 0.6) is 0 Å². The molecule has 4 aromatic rings. The number of carbonyl (C=O) groups is 1. The Kier molecular flexibility index (Phi) is 3.51. The van der Waals surface area contributed by atoms with Crippen molar-refractivity contribution in [2.45, 2.75) is 0 Å². The Bertz CT molecular complexity index is 892. The van der Waals surface area contributed by atoms with Gasteiger partial charge >= 0.3 is 5.78 Å². The van der Waals surface area contributed by atoms with Crippen molar-refractivity contribution in [1.29, 1.82) is 0 Å². The van der Waals surface area contributed by atoms with Gasteiger partial charge in [0, 0.05) is 11.1 Å². The topological polar surface area (TPSA) is 69.1 Å². The summed E-state index contributed by atoms with van der Waals surface area (Å²) in [6.45, 7) is 0. The highest BCUT2D eigenvalue weighted by molar-refractivity contribution is 6.02. The fourth-order valence-corrected chi connectivity index (χ4v) is 2.32. The average molecular weight is 316 g/mol. The molecule has 2 aromatic carbocycles. The quantitative estimate of drug-likeness (QED) is 0.527. The molecule has 5 heteroatoms. The van der Waals surface area contributed by atoms with Crippen LogP contribution in [0.15, 0.2) is 81.9 Å². The van der Waals surface area contributed by atoms with Gasteiger partial charge in [-0.25, -0.2) is 9.97 Å². The first-order chi connectivity index (χ1) is 11.8. The number of benzene rings is 2. The van der Waals surface area contributed by atoms with Crippen LogP contribution in [0.2, 0.25) is 0 Å². The predicted molar refractivity (Wildman–Crippen MR) is 87.3 cm³/mol. The SMILES string of the molecule is O=C(c1ncc(-c2ccccc2)o1)c1ncc(-c2ccccc2)o1. The van der Waals surface area contributed by atoms with Gasteiger partial charge < -0.3 is 8.83 Å². The van der Waals surface area contributed by atoms with Crippen molar-refractivity contribution in [2.24, 2.45) is 0 Å². The van der Waals surface area contributed by atoms with E-state index in [1.807, 2.05) is 60.7 Å². The summed E-state index contributed by atoms with van der Waals surface area (Å²) in [7, 11) is 0. The smallest absolute Gasteiger partial charge is 0.302 e. The molecule has 0 fully saturated rings. The first kappa shape index (κ1) is 14.1. The number of aromatic nitrogens is 2. The molecule has 5 nitrogen and oxygen atoms in total. The van der Waals surface area contributed by atoms with E-state index < -0.39 is 5.78 Å². The number of rotatable bonds is 4. The van der Waals surface area contributed by atoms with Crippen LogP contribution in [0, 0.1) is 0 Å². The molecule has 0 amide bonds. The highest BCUT2D eigenvalue weighted by atomic mass is 16.4. The minimum absolute atomic E-state index is 0.0460. The molecule has 0 atom stereocenters. The first-order valence-corrected chi connectivity index (χ1v) is 7.38. The van der Waals surface area contributed by atoms with E-state index in [4.69, 9.17) is 8.83 Å². The van der Waals surface area contributed by atoms with Crippen LogP contribution in [0.4, 0.5) is 0 Å². The number of carbonyl (C=O) groups excluding carboxylic acids is 1. The minimum atomic E-state index is -0.487. The Morgan fingerprint density at radius 2 is 1.08 bits per heavy atom. The lowest BCUT2D eigenvalue weighted by Crippen LogP contribution is -2.01. The van der Waals surface area contributed by atoms with Crippen LogP contribution in [0.3, 0.4) is 0 Å². The molecule has 2 heterocycles. The molecular formula is C19H12N2O3. The molecule has 0 spiro atoms. The molecule has 0 aliphatic carbocycles. The maximum Gasteiger partial charge on any atom is 0.302 e. The molecule has 0 saturated carbocycles. The van der Waals surface area contributed by atoms with E-state index in [0.717, 1.165) is 11.1 Å². The van der Waals surface area contributed by atoms with Gasteiger partial charge in [-0.05, 0) is 0 Å².